The third-order valence-corrected chi connectivity index (χ3v) is 3.08. The molecule has 1 aliphatic rings. The molecule has 90 valence electrons. The van der Waals surface area contributed by atoms with E-state index >= 15 is 0 Å². The molecule has 1 saturated heterocycles. The summed E-state index contributed by atoms with van der Waals surface area (Å²) in [6.45, 7) is 6.52. The van der Waals surface area contributed by atoms with Gasteiger partial charge in [-0.25, -0.2) is 0 Å². The molecule has 0 amide bonds. The average Bonchev–Trinajstić information content (AvgIpc) is 2.69. The minimum absolute atomic E-state index is 0. The molecule has 0 saturated carbocycles. The molecule has 1 aromatic rings. The fourth-order valence-electron chi connectivity index (χ4n) is 2.18. The summed E-state index contributed by atoms with van der Waals surface area (Å²) < 4.78 is 0. The third-order valence-electron chi connectivity index (χ3n) is 3.08. The lowest BCUT2D eigenvalue weighted by atomic mass is 10.1. The molecule has 2 rings (SSSR count). The van der Waals surface area contributed by atoms with E-state index in [1.165, 1.54) is 36.2 Å². The summed E-state index contributed by atoms with van der Waals surface area (Å²) in [7, 11) is 0. The maximum atomic E-state index is 3.52. The SMILES string of the molecule is Cc1ccc(NCC2CCCN2)c(C)c1.Cl. The largest absolute Gasteiger partial charge is 0.383 e. The predicted molar refractivity (Wildman–Crippen MR) is 72.7 cm³/mol. The Morgan fingerprint density at radius 3 is 2.81 bits per heavy atom. The standard InChI is InChI=1S/C13H20N2.ClH/c1-10-5-6-13(11(2)8-10)15-9-12-4-3-7-14-12;/h5-6,8,12,14-15H,3-4,7,9H2,1-2H3;1H. The van der Waals surface area contributed by atoms with Gasteiger partial charge in [0.1, 0.15) is 0 Å². The number of halogens is 1. The topological polar surface area (TPSA) is 24.1 Å². The summed E-state index contributed by atoms with van der Waals surface area (Å²) in [6, 6.07) is 7.23. The van der Waals surface area contributed by atoms with E-state index in [9.17, 15) is 0 Å². The van der Waals surface area contributed by atoms with Gasteiger partial charge in [0, 0.05) is 18.3 Å². The van der Waals surface area contributed by atoms with E-state index in [1.54, 1.807) is 0 Å². The first-order valence-corrected chi connectivity index (χ1v) is 5.80. The molecule has 3 heteroatoms. The maximum Gasteiger partial charge on any atom is 0.0370 e. The fraction of sp³-hybridized carbons (Fsp3) is 0.538. The van der Waals surface area contributed by atoms with Gasteiger partial charge in [-0.1, -0.05) is 17.7 Å². The number of hydrogen-bond donors (Lipinski definition) is 2. The molecular weight excluding hydrogens is 220 g/mol. The average molecular weight is 241 g/mol. The van der Waals surface area contributed by atoms with Crippen LogP contribution >= 0.6 is 12.4 Å². The lowest BCUT2D eigenvalue weighted by Gasteiger charge is -2.14. The van der Waals surface area contributed by atoms with Gasteiger partial charge in [0.15, 0.2) is 0 Å². The maximum absolute atomic E-state index is 3.52. The summed E-state index contributed by atoms with van der Waals surface area (Å²) in [5.41, 5.74) is 3.94. The number of anilines is 1. The summed E-state index contributed by atoms with van der Waals surface area (Å²) in [6.07, 6.45) is 2.62. The van der Waals surface area contributed by atoms with Gasteiger partial charge in [-0.2, -0.15) is 0 Å². The van der Waals surface area contributed by atoms with E-state index in [0.717, 1.165) is 6.54 Å². The van der Waals surface area contributed by atoms with E-state index in [4.69, 9.17) is 0 Å². The van der Waals surface area contributed by atoms with Crippen molar-refractivity contribution < 1.29 is 0 Å². The zero-order valence-corrected chi connectivity index (χ0v) is 10.9. The van der Waals surface area contributed by atoms with E-state index in [0.29, 0.717) is 6.04 Å². The second-order valence-corrected chi connectivity index (χ2v) is 4.49. The van der Waals surface area contributed by atoms with Gasteiger partial charge in [0.2, 0.25) is 0 Å². The van der Waals surface area contributed by atoms with Gasteiger partial charge < -0.3 is 10.6 Å². The Morgan fingerprint density at radius 1 is 1.38 bits per heavy atom. The van der Waals surface area contributed by atoms with Crippen LogP contribution in [0.5, 0.6) is 0 Å². The molecule has 1 aromatic carbocycles. The van der Waals surface area contributed by atoms with E-state index in [2.05, 4.69) is 42.7 Å². The Morgan fingerprint density at radius 2 is 2.19 bits per heavy atom. The van der Waals surface area contributed by atoms with Crippen LogP contribution in [0.25, 0.3) is 0 Å². The van der Waals surface area contributed by atoms with Gasteiger partial charge in [-0.05, 0) is 44.9 Å². The van der Waals surface area contributed by atoms with Crippen molar-refractivity contribution in [3.05, 3.63) is 29.3 Å². The van der Waals surface area contributed by atoms with Crippen LogP contribution in [-0.4, -0.2) is 19.1 Å². The van der Waals surface area contributed by atoms with Gasteiger partial charge in [0.25, 0.3) is 0 Å². The summed E-state index contributed by atoms with van der Waals surface area (Å²) >= 11 is 0. The Balaban J connectivity index is 0.00000128. The van der Waals surface area contributed by atoms with Crippen LogP contribution in [0.2, 0.25) is 0 Å². The van der Waals surface area contributed by atoms with Crippen molar-refractivity contribution in [1.82, 2.24) is 5.32 Å². The zero-order chi connectivity index (χ0) is 10.7. The zero-order valence-electron chi connectivity index (χ0n) is 10.0. The third kappa shape index (κ3) is 3.39. The lowest BCUT2D eigenvalue weighted by Crippen LogP contribution is -2.29. The number of nitrogens with one attached hydrogen (secondary N) is 2. The van der Waals surface area contributed by atoms with Gasteiger partial charge in [-0.15, -0.1) is 12.4 Å². The van der Waals surface area contributed by atoms with Crippen LogP contribution < -0.4 is 10.6 Å². The highest BCUT2D eigenvalue weighted by Crippen LogP contribution is 2.16. The first kappa shape index (κ1) is 13.3. The highest BCUT2D eigenvalue weighted by Gasteiger charge is 2.13. The molecular formula is C13H21ClN2. The molecule has 1 fully saturated rings. The Bertz CT molecular complexity index is 333. The van der Waals surface area contributed by atoms with E-state index in [1.807, 2.05) is 0 Å². The monoisotopic (exact) mass is 240 g/mol. The predicted octanol–water partition coefficient (Wildman–Crippen LogP) is 2.89. The Kier molecular flexibility index (Phi) is 5.10. The number of aryl methyl sites for hydroxylation is 2. The normalized spacial score (nSPS) is 19.2. The fourth-order valence-corrected chi connectivity index (χ4v) is 2.18. The molecule has 1 aliphatic heterocycles. The number of benzene rings is 1. The van der Waals surface area contributed by atoms with Crippen molar-refractivity contribution >= 4 is 18.1 Å². The van der Waals surface area contributed by atoms with Crippen LogP contribution in [0, 0.1) is 13.8 Å². The summed E-state index contributed by atoms with van der Waals surface area (Å²) in [5, 5.41) is 7.01. The quantitative estimate of drug-likeness (QED) is 0.849. The first-order chi connectivity index (χ1) is 7.25. The lowest BCUT2D eigenvalue weighted by molar-refractivity contribution is 0.633. The van der Waals surface area contributed by atoms with Gasteiger partial charge >= 0.3 is 0 Å². The number of rotatable bonds is 3. The molecule has 0 radical (unpaired) electrons. The van der Waals surface area contributed by atoms with Crippen LogP contribution in [0.4, 0.5) is 5.69 Å². The molecule has 0 spiro atoms. The van der Waals surface area contributed by atoms with Crippen molar-refractivity contribution in [2.75, 3.05) is 18.4 Å². The second-order valence-electron chi connectivity index (χ2n) is 4.49. The molecule has 0 aromatic heterocycles. The second kappa shape index (κ2) is 6.12. The summed E-state index contributed by atoms with van der Waals surface area (Å²) in [4.78, 5) is 0. The van der Waals surface area contributed by atoms with E-state index in [-0.39, 0.29) is 12.4 Å². The molecule has 1 unspecified atom stereocenters. The minimum Gasteiger partial charge on any atom is -0.383 e. The first-order valence-electron chi connectivity index (χ1n) is 5.80. The molecule has 0 bridgehead atoms. The molecule has 2 nitrogen and oxygen atoms in total. The highest BCUT2D eigenvalue weighted by molar-refractivity contribution is 5.85. The minimum atomic E-state index is 0. The molecule has 16 heavy (non-hydrogen) atoms. The molecule has 0 aliphatic carbocycles. The van der Waals surface area contributed by atoms with Crippen molar-refractivity contribution in [2.45, 2.75) is 32.7 Å². The van der Waals surface area contributed by atoms with Crippen molar-refractivity contribution in [3.8, 4) is 0 Å². The Labute approximate surface area is 104 Å². The van der Waals surface area contributed by atoms with Crippen molar-refractivity contribution in [2.24, 2.45) is 0 Å². The van der Waals surface area contributed by atoms with Crippen LogP contribution in [0.3, 0.4) is 0 Å². The molecule has 2 N–H and O–H groups in total. The van der Waals surface area contributed by atoms with Crippen LogP contribution in [0.15, 0.2) is 18.2 Å². The highest BCUT2D eigenvalue weighted by atomic mass is 35.5. The van der Waals surface area contributed by atoms with Crippen LogP contribution in [-0.2, 0) is 0 Å². The summed E-state index contributed by atoms with van der Waals surface area (Å²) in [5.74, 6) is 0. The smallest absolute Gasteiger partial charge is 0.0370 e. The van der Waals surface area contributed by atoms with E-state index < -0.39 is 0 Å². The Hall–Kier alpha value is -0.730. The van der Waals surface area contributed by atoms with Crippen LogP contribution in [0.1, 0.15) is 24.0 Å². The van der Waals surface area contributed by atoms with Gasteiger partial charge in [0.05, 0.1) is 0 Å². The molecule has 1 heterocycles. The van der Waals surface area contributed by atoms with Gasteiger partial charge in [-0.3, -0.25) is 0 Å². The molecule has 1 atom stereocenters. The van der Waals surface area contributed by atoms with Crippen molar-refractivity contribution in [3.63, 3.8) is 0 Å². The number of hydrogen-bond acceptors (Lipinski definition) is 2. The van der Waals surface area contributed by atoms with Crippen molar-refractivity contribution in [1.29, 1.82) is 0 Å².